The minimum atomic E-state index is 0.269. The predicted octanol–water partition coefficient (Wildman–Crippen LogP) is 2.60. The molecule has 1 aromatic carbocycles. The van der Waals surface area contributed by atoms with E-state index in [1.54, 1.807) is 24.4 Å². The summed E-state index contributed by atoms with van der Waals surface area (Å²) in [7, 11) is 0. The highest BCUT2D eigenvalue weighted by Gasteiger charge is 1.97. The standard InChI is InChI=1S/C12H12BrN3O/c13-11-5-7-15-12(16-11)6-8-14-9-1-3-10(17)4-2-9/h1-5,7,14,17H,6,8H2. The van der Waals surface area contributed by atoms with Gasteiger partial charge in [-0.3, -0.25) is 0 Å². The number of rotatable bonds is 4. The van der Waals surface area contributed by atoms with Gasteiger partial charge >= 0.3 is 0 Å². The van der Waals surface area contributed by atoms with E-state index in [-0.39, 0.29) is 5.75 Å². The normalized spacial score (nSPS) is 10.2. The number of aromatic hydroxyl groups is 1. The molecule has 0 amide bonds. The molecule has 0 atom stereocenters. The highest BCUT2D eigenvalue weighted by atomic mass is 79.9. The maximum atomic E-state index is 9.14. The molecule has 0 bridgehead atoms. The van der Waals surface area contributed by atoms with Crippen LogP contribution in [0.2, 0.25) is 0 Å². The Kier molecular flexibility index (Phi) is 3.93. The van der Waals surface area contributed by atoms with Gasteiger partial charge in [0.1, 0.15) is 16.2 Å². The molecule has 0 saturated carbocycles. The van der Waals surface area contributed by atoms with Gasteiger partial charge in [-0.2, -0.15) is 0 Å². The van der Waals surface area contributed by atoms with E-state index in [0.717, 1.165) is 29.1 Å². The molecule has 0 spiro atoms. The fourth-order valence-corrected chi connectivity index (χ4v) is 1.72. The molecule has 1 heterocycles. The van der Waals surface area contributed by atoms with E-state index in [2.05, 4.69) is 31.2 Å². The Morgan fingerprint density at radius 2 is 1.94 bits per heavy atom. The van der Waals surface area contributed by atoms with Gasteiger partial charge in [0.25, 0.3) is 0 Å². The molecule has 0 aliphatic heterocycles. The number of nitrogens with one attached hydrogen (secondary N) is 1. The van der Waals surface area contributed by atoms with Crippen molar-refractivity contribution in [3.63, 3.8) is 0 Å². The van der Waals surface area contributed by atoms with Crippen LogP contribution in [0.5, 0.6) is 5.75 Å². The van der Waals surface area contributed by atoms with Crippen LogP contribution in [-0.4, -0.2) is 21.6 Å². The van der Waals surface area contributed by atoms with E-state index in [9.17, 15) is 0 Å². The minimum absolute atomic E-state index is 0.269. The molecule has 2 aromatic rings. The fourth-order valence-electron chi connectivity index (χ4n) is 1.39. The summed E-state index contributed by atoms with van der Waals surface area (Å²) in [6.07, 6.45) is 2.48. The van der Waals surface area contributed by atoms with Crippen LogP contribution in [0, 0.1) is 0 Å². The summed E-state index contributed by atoms with van der Waals surface area (Å²) in [6.45, 7) is 0.751. The second kappa shape index (κ2) is 5.63. The van der Waals surface area contributed by atoms with E-state index < -0.39 is 0 Å². The fraction of sp³-hybridized carbons (Fsp3) is 0.167. The second-order valence-corrected chi connectivity index (χ2v) is 4.33. The largest absolute Gasteiger partial charge is 0.508 e. The minimum Gasteiger partial charge on any atom is -0.508 e. The van der Waals surface area contributed by atoms with Crippen LogP contribution < -0.4 is 5.32 Å². The van der Waals surface area contributed by atoms with Crippen LogP contribution in [0.3, 0.4) is 0 Å². The first-order valence-electron chi connectivity index (χ1n) is 5.24. The van der Waals surface area contributed by atoms with E-state index in [1.165, 1.54) is 0 Å². The molecule has 0 aliphatic rings. The van der Waals surface area contributed by atoms with Crippen molar-refractivity contribution in [2.45, 2.75) is 6.42 Å². The molecule has 0 aliphatic carbocycles. The first kappa shape index (κ1) is 11.9. The second-order valence-electron chi connectivity index (χ2n) is 3.52. The lowest BCUT2D eigenvalue weighted by Crippen LogP contribution is -2.07. The smallest absolute Gasteiger partial charge is 0.131 e. The number of phenols is 1. The molecule has 0 fully saturated rings. The Bertz CT molecular complexity index is 487. The average Bonchev–Trinajstić information content (AvgIpc) is 2.32. The lowest BCUT2D eigenvalue weighted by molar-refractivity contribution is 0.475. The van der Waals surface area contributed by atoms with E-state index in [0.29, 0.717) is 0 Å². The van der Waals surface area contributed by atoms with Crippen LogP contribution >= 0.6 is 15.9 Å². The van der Waals surface area contributed by atoms with Crippen molar-refractivity contribution < 1.29 is 5.11 Å². The quantitative estimate of drug-likeness (QED) is 0.672. The lowest BCUT2D eigenvalue weighted by Gasteiger charge is -2.05. The molecule has 17 heavy (non-hydrogen) atoms. The molecule has 2 rings (SSSR count). The van der Waals surface area contributed by atoms with Gasteiger partial charge in [0.05, 0.1) is 0 Å². The summed E-state index contributed by atoms with van der Waals surface area (Å²) in [6, 6.07) is 8.76. The van der Waals surface area contributed by atoms with Gasteiger partial charge in [-0.15, -0.1) is 0 Å². The van der Waals surface area contributed by atoms with Crippen LogP contribution in [0.4, 0.5) is 5.69 Å². The maximum absolute atomic E-state index is 9.14. The molecule has 4 nitrogen and oxygen atoms in total. The first-order chi connectivity index (χ1) is 8.24. The number of anilines is 1. The monoisotopic (exact) mass is 293 g/mol. The predicted molar refractivity (Wildman–Crippen MR) is 70.0 cm³/mol. The van der Waals surface area contributed by atoms with Crippen molar-refractivity contribution >= 4 is 21.6 Å². The summed E-state index contributed by atoms with van der Waals surface area (Å²) in [5.74, 6) is 1.07. The van der Waals surface area contributed by atoms with Gasteiger partial charge in [-0.25, -0.2) is 9.97 Å². The molecule has 2 N–H and O–H groups in total. The molecular formula is C12H12BrN3O. The Hall–Kier alpha value is -1.62. The number of aromatic nitrogens is 2. The van der Waals surface area contributed by atoms with Crippen molar-refractivity contribution in [2.24, 2.45) is 0 Å². The van der Waals surface area contributed by atoms with Gasteiger partial charge in [-0.05, 0) is 46.3 Å². The van der Waals surface area contributed by atoms with Gasteiger partial charge in [0.2, 0.25) is 0 Å². The zero-order valence-corrected chi connectivity index (χ0v) is 10.7. The summed E-state index contributed by atoms with van der Waals surface area (Å²) >= 11 is 3.31. The molecule has 0 radical (unpaired) electrons. The van der Waals surface area contributed by atoms with Gasteiger partial charge < -0.3 is 10.4 Å². The van der Waals surface area contributed by atoms with Crippen LogP contribution in [-0.2, 0) is 6.42 Å². The van der Waals surface area contributed by atoms with Crippen molar-refractivity contribution in [2.75, 3.05) is 11.9 Å². The maximum Gasteiger partial charge on any atom is 0.131 e. The lowest BCUT2D eigenvalue weighted by atomic mass is 10.3. The molecule has 0 unspecified atom stereocenters. The SMILES string of the molecule is Oc1ccc(NCCc2nccc(Br)n2)cc1. The Balaban J connectivity index is 1.85. The summed E-state index contributed by atoms with van der Waals surface area (Å²) < 4.78 is 0.798. The van der Waals surface area contributed by atoms with E-state index in [4.69, 9.17) is 5.11 Å². The first-order valence-corrected chi connectivity index (χ1v) is 6.04. The van der Waals surface area contributed by atoms with Crippen LogP contribution in [0.15, 0.2) is 41.1 Å². The molecule has 1 aromatic heterocycles. The number of nitrogens with zero attached hydrogens (tertiary/aromatic N) is 2. The number of halogens is 1. The topological polar surface area (TPSA) is 58.0 Å². The summed E-state index contributed by atoms with van der Waals surface area (Å²) in [5, 5.41) is 12.4. The molecular weight excluding hydrogens is 282 g/mol. The van der Waals surface area contributed by atoms with E-state index >= 15 is 0 Å². The number of phenolic OH excluding ortho intramolecular Hbond substituents is 1. The highest BCUT2D eigenvalue weighted by Crippen LogP contribution is 2.13. The zero-order chi connectivity index (χ0) is 12.1. The summed E-state index contributed by atoms with van der Waals surface area (Å²) in [4.78, 5) is 8.41. The third-order valence-corrected chi connectivity index (χ3v) is 2.66. The molecule has 5 heteroatoms. The van der Waals surface area contributed by atoms with Gasteiger partial charge in [-0.1, -0.05) is 0 Å². The van der Waals surface area contributed by atoms with Crippen molar-refractivity contribution in [1.82, 2.24) is 9.97 Å². The highest BCUT2D eigenvalue weighted by molar-refractivity contribution is 9.10. The van der Waals surface area contributed by atoms with Crippen LogP contribution in [0.25, 0.3) is 0 Å². The van der Waals surface area contributed by atoms with Crippen molar-refractivity contribution in [3.8, 4) is 5.75 Å². The third-order valence-electron chi connectivity index (χ3n) is 2.22. The van der Waals surface area contributed by atoms with E-state index in [1.807, 2.05) is 12.1 Å². The number of hydrogen-bond donors (Lipinski definition) is 2. The Labute approximate surface area is 108 Å². The van der Waals surface area contributed by atoms with Gasteiger partial charge in [0.15, 0.2) is 0 Å². The third kappa shape index (κ3) is 3.71. The average molecular weight is 294 g/mol. The molecule has 0 saturated heterocycles. The van der Waals surface area contributed by atoms with Crippen molar-refractivity contribution in [3.05, 3.63) is 47.0 Å². The summed E-state index contributed by atoms with van der Waals surface area (Å²) in [5.41, 5.74) is 0.970. The molecule has 88 valence electrons. The Morgan fingerprint density at radius 3 is 2.65 bits per heavy atom. The van der Waals surface area contributed by atoms with Crippen molar-refractivity contribution in [1.29, 1.82) is 0 Å². The number of hydrogen-bond acceptors (Lipinski definition) is 4. The van der Waals surface area contributed by atoms with Gasteiger partial charge in [0, 0.05) is 24.8 Å². The van der Waals surface area contributed by atoms with Crippen LogP contribution in [0.1, 0.15) is 5.82 Å². The zero-order valence-electron chi connectivity index (χ0n) is 9.10. The number of benzene rings is 1. The Morgan fingerprint density at radius 1 is 1.18 bits per heavy atom.